The minimum atomic E-state index is -3.73. The topological polar surface area (TPSA) is 104 Å². The van der Waals surface area contributed by atoms with Crippen LogP contribution >= 0.6 is 0 Å². The zero-order valence-corrected chi connectivity index (χ0v) is 17.7. The molecule has 2 atom stereocenters. The second-order valence-corrected chi connectivity index (χ2v) is 9.68. The van der Waals surface area contributed by atoms with Crippen LogP contribution in [0.15, 0.2) is 65.6 Å². The van der Waals surface area contributed by atoms with Gasteiger partial charge in [-0.1, -0.05) is 30.4 Å². The number of aliphatic carboxylic acids is 1. The molecule has 0 saturated carbocycles. The quantitative estimate of drug-likeness (QED) is 0.693. The number of carbonyl (C=O) groups excluding carboxylic acids is 1. The predicted octanol–water partition coefficient (Wildman–Crippen LogP) is 3.43. The van der Waals surface area contributed by atoms with Gasteiger partial charge in [0.1, 0.15) is 0 Å². The number of amides is 1. The standard InChI is InChI=1S/C23H24N2O5S/c26-22(19-8-2-3-9-20(19)23(27)28)24-17-11-13-18(14-12-17)31(29,30)25-15-5-7-16-6-1-4-10-21(16)25/h1-4,6,10-14,19-20H,5,7-9,15H2,(H,24,26)(H,27,28)/t19-,20+/m1/s1. The molecule has 0 unspecified atom stereocenters. The molecule has 0 radical (unpaired) electrons. The van der Waals surface area contributed by atoms with Crippen molar-refractivity contribution in [3.05, 3.63) is 66.2 Å². The minimum absolute atomic E-state index is 0.145. The van der Waals surface area contributed by atoms with Crippen LogP contribution in [0.4, 0.5) is 11.4 Å². The Morgan fingerprint density at radius 3 is 2.35 bits per heavy atom. The molecule has 4 rings (SSSR count). The molecular weight excluding hydrogens is 416 g/mol. The van der Waals surface area contributed by atoms with Gasteiger partial charge in [-0.2, -0.15) is 0 Å². The Balaban J connectivity index is 1.51. The molecule has 0 spiro atoms. The van der Waals surface area contributed by atoms with Crippen molar-refractivity contribution in [2.24, 2.45) is 11.8 Å². The van der Waals surface area contributed by atoms with E-state index in [0.29, 0.717) is 30.8 Å². The molecule has 0 bridgehead atoms. The molecule has 31 heavy (non-hydrogen) atoms. The number of carboxylic acid groups (broad SMARTS) is 1. The fourth-order valence-electron chi connectivity index (χ4n) is 4.20. The first-order chi connectivity index (χ1) is 14.9. The van der Waals surface area contributed by atoms with Crippen LogP contribution in [0.5, 0.6) is 0 Å². The maximum atomic E-state index is 13.2. The number of sulfonamides is 1. The Kier molecular flexibility index (Phi) is 5.82. The van der Waals surface area contributed by atoms with Crippen LogP contribution in [0.2, 0.25) is 0 Å². The van der Waals surface area contributed by atoms with Gasteiger partial charge in [0.25, 0.3) is 10.0 Å². The number of hydrogen-bond donors (Lipinski definition) is 2. The summed E-state index contributed by atoms with van der Waals surface area (Å²) in [6.45, 7) is 0.420. The van der Waals surface area contributed by atoms with E-state index in [1.54, 1.807) is 6.08 Å². The Morgan fingerprint density at radius 2 is 1.65 bits per heavy atom. The molecule has 2 aromatic rings. The van der Waals surface area contributed by atoms with E-state index in [2.05, 4.69) is 5.32 Å². The van der Waals surface area contributed by atoms with Crippen molar-refractivity contribution in [2.75, 3.05) is 16.2 Å². The van der Waals surface area contributed by atoms with Crippen molar-refractivity contribution < 1.29 is 23.1 Å². The third-order valence-electron chi connectivity index (χ3n) is 5.86. The van der Waals surface area contributed by atoms with Crippen LogP contribution in [-0.2, 0) is 26.0 Å². The number of anilines is 2. The van der Waals surface area contributed by atoms with Crippen LogP contribution in [0, 0.1) is 11.8 Å². The maximum absolute atomic E-state index is 13.2. The number of nitrogens with zero attached hydrogens (tertiary/aromatic N) is 1. The summed E-state index contributed by atoms with van der Waals surface area (Å²) in [4.78, 5) is 24.2. The molecule has 0 saturated heterocycles. The van der Waals surface area contributed by atoms with Gasteiger partial charge in [0.15, 0.2) is 0 Å². The molecule has 1 heterocycles. The van der Waals surface area contributed by atoms with E-state index in [1.165, 1.54) is 28.6 Å². The molecule has 2 aliphatic rings. The number of fused-ring (bicyclic) bond motifs is 1. The van der Waals surface area contributed by atoms with E-state index < -0.39 is 27.8 Å². The van der Waals surface area contributed by atoms with Crippen LogP contribution in [0.25, 0.3) is 0 Å². The molecule has 1 aliphatic heterocycles. The van der Waals surface area contributed by atoms with E-state index in [1.807, 2.05) is 30.3 Å². The highest BCUT2D eigenvalue weighted by Gasteiger charge is 2.34. The molecule has 8 heteroatoms. The van der Waals surface area contributed by atoms with Crippen molar-refractivity contribution in [3.8, 4) is 0 Å². The number of allylic oxidation sites excluding steroid dienone is 2. The lowest BCUT2D eigenvalue weighted by atomic mass is 9.82. The number of nitrogens with one attached hydrogen (secondary N) is 1. The van der Waals surface area contributed by atoms with E-state index in [4.69, 9.17) is 0 Å². The molecular formula is C23H24N2O5S. The highest BCUT2D eigenvalue weighted by atomic mass is 32.2. The second kappa shape index (κ2) is 8.55. The molecule has 162 valence electrons. The van der Waals surface area contributed by atoms with Crippen LogP contribution in [0.3, 0.4) is 0 Å². The first kappa shape index (κ1) is 21.1. The number of carbonyl (C=O) groups is 2. The van der Waals surface area contributed by atoms with Gasteiger partial charge in [-0.15, -0.1) is 0 Å². The Morgan fingerprint density at radius 1 is 0.968 bits per heavy atom. The highest BCUT2D eigenvalue weighted by Crippen LogP contribution is 2.32. The van der Waals surface area contributed by atoms with Crippen LogP contribution < -0.4 is 9.62 Å². The number of benzene rings is 2. The van der Waals surface area contributed by atoms with Gasteiger partial charge in [-0.05, 0) is 61.6 Å². The summed E-state index contributed by atoms with van der Waals surface area (Å²) >= 11 is 0. The van der Waals surface area contributed by atoms with Gasteiger partial charge in [0, 0.05) is 12.2 Å². The van der Waals surface area contributed by atoms with E-state index >= 15 is 0 Å². The predicted molar refractivity (Wildman–Crippen MR) is 117 cm³/mol. The molecule has 0 aromatic heterocycles. The summed E-state index contributed by atoms with van der Waals surface area (Å²) in [5, 5.41) is 12.1. The number of para-hydroxylation sites is 1. The summed E-state index contributed by atoms with van der Waals surface area (Å²) in [6.07, 6.45) is 5.88. The van der Waals surface area contributed by atoms with Crippen molar-refractivity contribution in [3.63, 3.8) is 0 Å². The van der Waals surface area contributed by atoms with Crippen molar-refractivity contribution >= 4 is 33.3 Å². The van der Waals surface area contributed by atoms with Gasteiger partial charge in [-0.25, -0.2) is 8.42 Å². The van der Waals surface area contributed by atoms with Crippen LogP contribution in [0.1, 0.15) is 24.8 Å². The Labute approximate surface area is 181 Å². The van der Waals surface area contributed by atoms with Gasteiger partial charge < -0.3 is 10.4 Å². The fourth-order valence-corrected chi connectivity index (χ4v) is 5.74. The number of carboxylic acids is 1. The zero-order chi connectivity index (χ0) is 22.0. The van der Waals surface area contributed by atoms with Crippen LogP contribution in [-0.4, -0.2) is 31.9 Å². The molecule has 7 nitrogen and oxygen atoms in total. The first-order valence-corrected chi connectivity index (χ1v) is 11.7. The third-order valence-corrected chi connectivity index (χ3v) is 7.69. The molecule has 0 fully saturated rings. The largest absolute Gasteiger partial charge is 0.481 e. The van der Waals surface area contributed by atoms with Crippen molar-refractivity contribution in [2.45, 2.75) is 30.6 Å². The van der Waals surface area contributed by atoms with E-state index in [0.717, 1.165) is 18.4 Å². The first-order valence-electron chi connectivity index (χ1n) is 10.3. The number of hydrogen-bond acceptors (Lipinski definition) is 4. The van der Waals surface area contributed by atoms with Gasteiger partial charge in [0.2, 0.25) is 5.91 Å². The number of aryl methyl sites for hydroxylation is 1. The zero-order valence-electron chi connectivity index (χ0n) is 16.9. The Bertz CT molecular complexity index is 1120. The normalized spacial score (nSPS) is 20.7. The highest BCUT2D eigenvalue weighted by molar-refractivity contribution is 7.92. The molecule has 2 N–H and O–H groups in total. The fraction of sp³-hybridized carbons (Fsp3) is 0.304. The monoisotopic (exact) mass is 440 g/mol. The van der Waals surface area contributed by atoms with E-state index in [9.17, 15) is 23.1 Å². The van der Waals surface area contributed by atoms with Gasteiger partial charge >= 0.3 is 5.97 Å². The van der Waals surface area contributed by atoms with E-state index in [-0.39, 0.29) is 10.8 Å². The van der Waals surface area contributed by atoms with Gasteiger partial charge in [0.05, 0.1) is 22.4 Å². The minimum Gasteiger partial charge on any atom is -0.481 e. The lowest BCUT2D eigenvalue weighted by Gasteiger charge is -2.30. The molecule has 1 amide bonds. The average molecular weight is 441 g/mol. The SMILES string of the molecule is O=C(O)[C@H]1CC=CC[C@H]1C(=O)Nc1ccc(S(=O)(=O)N2CCCc3ccccc32)cc1. The smallest absolute Gasteiger partial charge is 0.307 e. The number of rotatable bonds is 5. The summed E-state index contributed by atoms with van der Waals surface area (Å²) < 4.78 is 27.9. The van der Waals surface area contributed by atoms with Gasteiger partial charge in [-0.3, -0.25) is 13.9 Å². The Hall–Kier alpha value is -3.13. The third kappa shape index (κ3) is 4.20. The molecule has 2 aromatic carbocycles. The lowest BCUT2D eigenvalue weighted by Crippen LogP contribution is -2.35. The summed E-state index contributed by atoms with van der Waals surface area (Å²) in [6, 6.07) is 13.5. The molecule has 1 aliphatic carbocycles. The van der Waals surface area contributed by atoms with Crippen molar-refractivity contribution in [1.82, 2.24) is 0 Å². The summed E-state index contributed by atoms with van der Waals surface area (Å²) in [5.41, 5.74) is 2.15. The van der Waals surface area contributed by atoms with Crippen molar-refractivity contribution in [1.29, 1.82) is 0 Å². The summed E-state index contributed by atoms with van der Waals surface area (Å²) in [7, 11) is -3.73. The average Bonchev–Trinajstić information content (AvgIpc) is 2.79. The maximum Gasteiger partial charge on any atom is 0.307 e. The summed E-state index contributed by atoms with van der Waals surface area (Å²) in [5.74, 6) is -2.79. The lowest BCUT2D eigenvalue weighted by molar-refractivity contribution is -0.146. The second-order valence-electron chi connectivity index (χ2n) is 7.82.